The topological polar surface area (TPSA) is 17.1 Å². The van der Waals surface area contributed by atoms with Gasteiger partial charge in [-0.2, -0.15) is 11.8 Å². The molecular weight excluding hydrogens is 216 g/mol. The van der Waals surface area contributed by atoms with E-state index in [0.29, 0.717) is 16.0 Å². The summed E-state index contributed by atoms with van der Waals surface area (Å²) in [6.45, 7) is 4.17. The molecular formula is C11H13ClOS. The lowest BCUT2D eigenvalue weighted by Gasteiger charge is -2.03. The van der Waals surface area contributed by atoms with Crippen LogP contribution in [0.2, 0.25) is 5.02 Å². The fourth-order valence-electron chi connectivity index (χ4n) is 0.961. The van der Waals surface area contributed by atoms with Gasteiger partial charge in [0.05, 0.1) is 5.75 Å². The van der Waals surface area contributed by atoms with Gasteiger partial charge in [-0.15, -0.1) is 0 Å². The van der Waals surface area contributed by atoms with Gasteiger partial charge >= 0.3 is 0 Å². The smallest absolute Gasteiger partial charge is 0.172 e. The van der Waals surface area contributed by atoms with E-state index in [1.165, 1.54) is 0 Å². The van der Waals surface area contributed by atoms with E-state index in [-0.39, 0.29) is 5.78 Å². The molecule has 0 amide bonds. The average Bonchev–Trinajstić information content (AvgIpc) is 2.15. The predicted molar refractivity (Wildman–Crippen MR) is 63.4 cm³/mol. The maximum atomic E-state index is 11.6. The monoisotopic (exact) mass is 228 g/mol. The predicted octanol–water partition coefficient (Wildman–Crippen LogP) is 3.66. The quantitative estimate of drug-likeness (QED) is 0.732. The van der Waals surface area contributed by atoms with Crippen LogP contribution in [0.1, 0.15) is 24.2 Å². The number of hydrogen-bond acceptors (Lipinski definition) is 2. The molecule has 0 radical (unpaired) electrons. The third-order valence-corrected chi connectivity index (χ3v) is 3.06. The lowest BCUT2D eigenvalue weighted by molar-refractivity contribution is 0.102. The van der Waals surface area contributed by atoms with Crippen LogP contribution in [0.3, 0.4) is 0 Å². The SMILES string of the molecule is CC(C)SCC(=O)c1ccc(Cl)cc1. The van der Waals surface area contributed by atoms with E-state index in [1.54, 1.807) is 36.0 Å². The van der Waals surface area contributed by atoms with Crippen molar-refractivity contribution >= 4 is 29.1 Å². The van der Waals surface area contributed by atoms with E-state index in [2.05, 4.69) is 13.8 Å². The molecule has 0 unspecified atom stereocenters. The molecule has 0 saturated heterocycles. The summed E-state index contributed by atoms with van der Waals surface area (Å²) >= 11 is 7.38. The first-order valence-corrected chi connectivity index (χ1v) is 5.92. The van der Waals surface area contributed by atoms with Crippen molar-refractivity contribution in [3.8, 4) is 0 Å². The number of benzene rings is 1. The number of thioether (sulfide) groups is 1. The van der Waals surface area contributed by atoms with E-state index in [4.69, 9.17) is 11.6 Å². The van der Waals surface area contributed by atoms with Gasteiger partial charge in [0.15, 0.2) is 5.78 Å². The lowest BCUT2D eigenvalue weighted by Crippen LogP contribution is -2.04. The second-order valence-electron chi connectivity index (χ2n) is 3.29. The minimum absolute atomic E-state index is 0.167. The minimum Gasteiger partial charge on any atom is -0.293 e. The Hall–Kier alpha value is -0.470. The van der Waals surface area contributed by atoms with Crippen LogP contribution in [0.25, 0.3) is 0 Å². The molecule has 3 heteroatoms. The van der Waals surface area contributed by atoms with Crippen LogP contribution in [-0.4, -0.2) is 16.8 Å². The largest absolute Gasteiger partial charge is 0.293 e. The molecule has 0 aromatic heterocycles. The second-order valence-corrected chi connectivity index (χ2v) is 5.29. The van der Waals surface area contributed by atoms with E-state index in [0.717, 1.165) is 5.56 Å². The van der Waals surface area contributed by atoms with Crippen LogP contribution in [0, 0.1) is 0 Å². The van der Waals surface area contributed by atoms with E-state index >= 15 is 0 Å². The van der Waals surface area contributed by atoms with Crippen LogP contribution in [0.5, 0.6) is 0 Å². The summed E-state index contributed by atoms with van der Waals surface area (Å²) in [5.74, 6) is 0.708. The fourth-order valence-corrected chi connectivity index (χ4v) is 1.74. The van der Waals surface area contributed by atoms with Crippen LogP contribution < -0.4 is 0 Å². The molecule has 1 rings (SSSR count). The molecule has 76 valence electrons. The highest BCUT2D eigenvalue weighted by Gasteiger charge is 2.06. The first-order chi connectivity index (χ1) is 6.59. The normalized spacial score (nSPS) is 10.6. The van der Waals surface area contributed by atoms with Gasteiger partial charge in [-0.1, -0.05) is 25.4 Å². The maximum absolute atomic E-state index is 11.6. The lowest BCUT2D eigenvalue weighted by atomic mass is 10.1. The van der Waals surface area contributed by atoms with Crippen molar-refractivity contribution in [2.24, 2.45) is 0 Å². The molecule has 1 aromatic rings. The molecule has 0 heterocycles. The zero-order chi connectivity index (χ0) is 10.6. The highest BCUT2D eigenvalue weighted by Crippen LogP contribution is 2.14. The molecule has 1 nitrogen and oxygen atoms in total. The molecule has 1 aromatic carbocycles. The number of carbonyl (C=O) groups excluding carboxylic acids is 1. The average molecular weight is 229 g/mol. The molecule has 0 saturated carbocycles. The first kappa shape index (κ1) is 11.6. The van der Waals surface area contributed by atoms with Gasteiger partial charge in [0.2, 0.25) is 0 Å². The Morgan fingerprint density at radius 2 is 1.93 bits per heavy atom. The van der Waals surface area contributed by atoms with Crippen molar-refractivity contribution in [1.82, 2.24) is 0 Å². The number of Topliss-reactive ketones (excluding diaryl/α,β-unsaturated/α-hetero) is 1. The Kier molecular flexibility index (Phi) is 4.49. The van der Waals surface area contributed by atoms with Crippen molar-refractivity contribution in [1.29, 1.82) is 0 Å². The number of ketones is 1. The third kappa shape index (κ3) is 3.72. The molecule has 0 aliphatic carbocycles. The van der Waals surface area contributed by atoms with Crippen molar-refractivity contribution in [2.75, 3.05) is 5.75 Å². The van der Waals surface area contributed by atoms with E-state index < -0.39 is 0 Å². The highest BCUT2D eigenvalue weighted by atomic mass is 35.5. The summed E-state index contributed by atoms with van der Waals surface area (Å²) in [6, 6.07) is 7.03. The van der Waals surface area contributed by atoms with Crippen LogP contribution >= 0.6 is 23.4 Å². The second kappa shape index (κ2) is 5.42. The molecule has 0 aliphatic rings. The summed E-state index contributed by atoms with van der Waals surface area (Å²) < 4.78 is 0. The number of halogens is 1. The Morgan fingerprint density at radius 1 is 1.36 bits per heavy atom. The number of hydrogen-bond donors (Lipinski definition) is 0. The third-order valence-electron chi connectivity index (χ3n) is 1.71. The molecule has 0 fully saturated rings. The summed E-state index contributed by atoms with van der Waals surface area (Å²) in [7, 11) is 0. The number of carbonyl (C=O) groups is 1. The summed E-state index contributed by atoms with van der Waals surface area (Å²) in [5, 5.41) is 1.16. The van der Waals surface area contributed by atoms with Gasteiger partial charge in [0, 0.05) is 10.6 Å². The van der Waals surface area contributed by atoms with Crippen molar-refractivity contribution < 1.29 is 4.79 Å². The zero-order valence-corrected chi connectivity index (χ0v) is 9.86. The number of rotatable bonds is 4. The van der Waals surface area contributed by atoms with Gasteiger partial charge in [-0.3, -0.25) is 4.79 Å². The Labute approximate surface area is 93.8 Å². The first-order valence-electron chi connectivity index (χ1n) is 4.50. The van der Waals surface area contributed by atoms with Crippen molar-refractivity contribution in [3.05, 3.63) is 34.9 Å². The van der Waals surface area contributed by atoms with E-state index in [9.17, 15) is 4.79 Å². The van der Waals surface area contributed by atoms with Crippen molar-refractivity contribution in [3.63, 3.8) is 0 Å². The van der Waals surface area contributed by atoms with Gasteiger partial charge in [0.1, 0.15) is 0 Å². The maximum Gasteiger partial charge on any atom is 0.172 e. The molecule has 0 spiro atoms. The molecule has 0 aliphatic heterocycles. The Balaban J connectivity index is 2.57. The molecule has 0 atom stereocenters. The standard InChI is InChI=1S/C11H13ClOS/c1-8(2)14-7-11(13)9-3-5-10(12)6-4-9/h3-6,8H,7H2,1-2H3. The molecule has 0 bridgehead atoms. The summed E-state index contributed by atoms with van der Waals surface area (Å²) in [6.07, 6.45) is 0. The zero-order valence-electron chi connectivity index (χ0n) is 8.29. The Bertz CT molecular complexity index is 306. The molecule has 14 heavy (non-hydrogen) atoms. The minimum atomic E-state index is 0.167. The van der Waals surface area contributed by atoms with Crippen LogP contribution in [-0.2, 0) is 0 Å². The van der Waals surface area contributed by atoms with Gasteiger partial charge in [-0.05, 0) is 29.5 Å². The van der Waals surface area contributed by atoms with Gasteiger partial charge in [0.25, 0.3) is 0 Å². The Morgan fingerprint density at radius 3 is 2.43 bits per heavy atom. The summed E-state index contributed by atoms with van der Waals surface area (Å²) in [4.78, 5) is 11.6. The fraction of sp³-hybridized carbons (Fsp3) is 0.364. The van der Waals surface area contributed by atoms with Crippen molar-refractivity contribution in [2.45, 2.75) is 19.1 Å². The van der Waals surface area contributed by atoms with Gasteiger partial charge in [-0.25, -0.2) is 0 Å². The van der Waals surface area contributed by atoms with Gasteiger partial charge < -0.3 is 0 Å². The highest BCUT2D eigenvalue weighted by molar-refractivity contribution is 8.00. The van der Waals surface area contributed by atoms with Crippen LogP contribution in [0.4, 0.5) is 0 Å². The van der Waals surface area contributed by atoms with E-state index in [1.807, 2.05) is 0 Å². The van der Waals surface area contributed by atoms with Crippen LogP contribution in [0.15, 0.2) is 24.3 Å². The molecule has 0 N–H and O–H groups in total. The summed E-state index contributed by atoms with van der Waals surface area (Å²) in [5.41, 5.74) is 0.738.